The summed E-state index contributed by atoms with van der Waals surface area (Å²) < 4.78 is 11.0. The highest BCUT2D eigenvalue weighted by Gasteiger charge is 2.31. The topological polar surface area (TPSA) is 30.5 Å². The predicted octanol–water partition coefficient (Wildman–Crippen LogP) is 2.99. The zero-order chi connectivity index (χ0) is 13.1. The van der Waals surface area contributed by atoms with Gasteiger partial charge in [-0.05, 0) is 18.7 Å². The van der Waals surface area contributed by atoms with Crippen molar-refractivity contribution in [2.75, 3.05) is 20.8 Å². The van der Waals surface area contributed by atoms with Crippen LogP contribution >= 0.6 is 11.8 Å². The molecule has 1 aromatic rings. The number of thioether (sulfide) groups is 1. The van der Waals surface area contributed by atoms with Crippen LogP contribution < -0.4 is 14.8 Å². The van der Waals surface area contributed by atoms with E-state index in [1.165, 1.54) is 11.1 Å². The fraction of sp³-hybridized carbons (Fsp3) is 0.571. The Morgan fingerprint density at radius 1 is 1.28 bits per heavy atom. The van der Waals surface area contributed by atoms with Crippen molar-refractivity contribution in [3.8, 4) is 11.5 Å². The Hall–Kier alpha value is -0.870. The molecule has 1 N–H and O–H groups in total. The maximum atomic E-state index is 5.53. The van der Waals surface area contributed by atoms with Crippen LogP contribution in [0, 0.1) is 0 Å². The highest BCUT2D eigenvalue weighted by Crippen LogP contribution is 2.45. The molecule has 0 aliphatic carbocycles. The van der Waals surface area contributed by atoms with Gasteiger partial charge in [0.1, 0.15) is 11.5 Å². The number of benzene rings is 1. The molecule has 4 heteroatoms. The van der Waals surface area contributed by atoms with E-state index >= 15 is 0 Å². The Morgan fingerprint density at radius 2 is 1.94 bits per heavy atom. The second kappa shape index (κ2) is 5.85. The molecule has 0 saturated carbocycles. The second-order valence-corrected chi connectivity index (χ2v) is 5.78. The fourth-order valence-electron chi connectivity index (χ4n) is 2.52. The number of hydrogen-bond donors (Lipinski definition) is 1. The van der Waals surface area contributed by atoms with Crippen molar-refractivity contribution in [3.63, 3.8) is 0 Å². The van der Waals surface area contributed by atoms with Crippen molar-refractivity contribution in [1.82, 2.24) is 5.32 Å². The normalized spacial score (nSPS) is 22.4. The lowest BCUT2D eigenvalue weighted by atomic mass is 9.96. The number of nitrogens with one attached hydrogen (secondary N) is 1. The van der Waals surface area contributed by atoms with Crippen LogP contribution in [-0.4, -0.2) is 26.0 Å². The minimum atomic E-state index is 0.328. The molecular weight excluding hydrogens is 246 g/mol. The van der Waals surface area contributed by atoms with Crippen LogP contribution in [0.2, 0.25) is 0 Å². The van der Waals surface area contributed by atoms with Crippen molar-refractivity contribution >= 4 is 11.8 Å². The minimum Gasteiger partial charge on any atom is -0.496 e. The van der Waals surface area contributed by atoms with E-state index in [1.807, 2.05) is 23.9 Å². The summed E-state index contributed by atoms with van der Waals surface area (Å²) in [6.07, 6.45) is 0. The Morgan fingerprint density at radius 3 is 2.56 bits per heavy atom. The van der Waals surface area contributed by atoms with Crippen LogP contribution in [0.15, 0.2) is 12.1 Å². The maximum absolute atomic E-state index is 5.53. The van der Waals surface area contributed by atoms with Gasteiger partial charge in [-0.2, -0.15) is 11.8 Å². The van der Waals surface area contributed by atoms with Gasteiger partial charge >= 0.3 is 0 Å². The van der Waals surface area contributed by atoms with E-state index in [2.05, 4.69) is 19.2 Å². The standard InChI is InChI=1S/C14H21NO2S/c1-5-15-14-9(2)18-8-10-11(16-3)6-7-12(17-4)13(10)14/h6-7,9,14-15H,5,8H2,1-4H3. The summed E-state index contributed by atoms with van der Waals surface area (Å²) in [5.74, 6) is 2.91. The van der Waals surface area contributed by atoms with Gasteiger partial charge in [-0.15, -0.1) is 0 Å². The molecular formula is C14H21NO2S. The molecule has 0 radical (unpaired) electrons. The smallest absolute Gasteiger partial charge is 0.124 e. The van der Waals surface area contributed by atoms with E-state index in [4.69, 9.17) is 9.47 Å². The quantitative estimate of drug-likeness (QED) is 0.908. The molecule has 100 valence electrons. The molecule has 2 atom stereocenters. The van der Waals surface area contributed by atoms with Crippen LogP contribution in [0.5, 0.6) is 11.5 Å². The minimum absolute atomic E-state index is 0.328. The summed E-state index contributed by atoms with van der Waals surface area (Å²) in [4.78, 5) is 0. The first-order valence-corrected chi connectivity index (χ1v) is 7.36. The van der Waals surface area contributed by atoms with E-state index in [0.29, 0.717) is 11.3 Å². The number of hydrogen-bond acceptors (Lipinski definition) is 4. The predicted molar refractivity (Wildman–Crippen MR) is 76.7 cm³/mol. The van der Waals surface area contributed by atoms with E-state index in [9.17, 15) is 0 Å². The largest absolute Gasteiger partial charge is 0.496 e. The Kier molecular flexibility index (Phi) is 4.40. The fourth-order valence-corrected chi connectivity index (χ4v) is 3.67. The van der Waals surface area contributed by atoms with E-state index in [0.717, 1.165) is 23.8 Å². The lowest BCUT2D eigenvalue weighted by molar-refractivity contribution is 0.385. The summed E-state index contributed by atoms with van der Waals surface area (Å²) in [5.41, 5.74) is 2.54. The lowest BCUT2D eigenvalue weighted by Gasteiger charge is -2.33. The molecule has 1 aliphatic heterocycles. The molecule has 0 saturated heterocycles. The first-order chi connectivity index (χ1) is 8.72. The van der Waals surface area contributed by atoms with Gasteiger partial charge in [-0.1, -0.05) is 13.8 Å². The van der Waals surface area contributed by atoms with Crippen LogP contribution in [-0.2, 0) is 5.75 Å². The van der Waals surface area contributed by atoms with Gasteiger partial charge in [-0.3, -0.25) is 0 Å². The van der Waals surface area contributed by atoms with Gasteiger partial charge in [0.25, 0.3) is 0 Å². The van der Waals surface area contributed by atoms with E-state index < -0.39 is 0 Å². The van der Waals surface area contributed by atoms with E-state index in [1.54, 1.807) is 14.2 Å². The van der Waals surface area contributed by atoms with Crippen molar-refractivity contribution in [1.29, 1.82) is 0 Å². The van der Waals surface area contributed by atoms with Crippen LogP contribution in [0.1, 0.15) is 31.0 Å². The van der Waals surface area contributed by atoms with Gasteiger partial charge < -0.3 is 14.8 Å². The molecule has 1 heterocycles. The number of rotatable bonds is 4. The summed E-state index contributed by atoms with van der Waals surface area (Å²) in [6, 6.07) is 4.33. The van der Waals surface area contributed by atoms with Gasteiger partial charge in [0, 0.05) is 28.2 Å². The molecule has 0 spiro atoms. The second-order valence-electron chi connectivity index (χ2n) is 4.41. The first kappa shape index (κ1) is 13.6. The molecule has 2 unspecified atom stereocenters. The average molecular weight is 267 g/mol. The number of fused-ring (bicyclic) bond motifs is 1. The molecule has 1 aliphatic rings. The monoisotopic (exact) mass is 267 g/mol. The summed E-state index contributed by atoms with van der Waals surface area (Å²) in [5, 5.41) is 4.10. The van der Waals surface area contributed by atoms with Crippen LogP contribution in [0.25, 0.3) is 0 Å². The molecule has 2 rings (SSSR count). The summed E-state index contributed by atoms with van der Waals surface area (Å²) in [6.45, 7) is 5.35. The molecule has 0 aromatic heterocycles. The van der Waals surface area contributed by atoms with Gasteiger partial charge in [-0.25, -0.2) is 0 Å². The van der Waals surface area contributed by atoms with Gasteiger partial charge in [0.2, 0.25) is 0 Å². The van der Waals surface area contributed by atoms with Gasteiger partial charge in [0.15, 0.2) is 0 Å². The molecule has 0 amide bonds. The lowest BCUT2D eigenvalue weighted by Crippen LogP contribution is -2.32. The van der Waals surface area contributed by atoms with Crippen LogP contribution in [0.4, 0.5) is 0 Å². The molecule has 0 bridgehead atoms. The van der Waals surface area contributed by atoms with Crippen LogP contribution in [0.3, 0.4) is 0 Å². The van der Waals surface area contributed by atoms with E-state index in [-0.39, 0.29) is 0 Å². The Bertz CT molecular complexity index is 423. The van der Waals surface area contributed by atoms with Crippen molar-refractivity contribution in [2.24, 2.45) is 0 Å². The highest BCUT2D eigenvalue weighted by atomic mass is 32.2. The maximum Gasteiger partial charge on any atom is 0.124 e. The third-order valence-corrected chi connectivity index (χ3v) is 4.66. The summed E-state index contributed by atoms with van der Waals surface area (Å²) >= 11 is 1.96. The SMILES string of the molecule is CCNC1c2c(OC)ccc(OC)c2CSC1C. The third-order valence-electron chi connectivity index (χ3n) is 3.41. The van der Waals surface area contributed by atoms with Gasteiger partial charge in [0.05, 0.1) is 14.2 Å². The molecule has 0 fully saturated rings. The summed E-state index contributed by atoms with van der Waals surface area (Å²) in [7, 11) is 3.46. The first-order valence-electron chi connectivity index (χ1n) is 6.31. The highest BCUT2D eigenvalue weighted by molar-refractivity contribution is 7.99. The molecule has 18 heavy (non-hydrogen) atoms. The number of methoxy groups -OCH3 is 2. The Balaban J connectivity index is 2.52. The van der Waals surface area contributed by atoms with Crippen molar-refractivity contribution in [3.05, 3.63) is 23.3 Å². The number of ether oxygens (including phenoxy) is 2. The zero-order valence-corrected chi connectivity index (χ0v) is 12.3. The third kappa shape index (κ3) is 2.31. The Labute approximate surface area is 113 Å². The molecule has 1 aromatic carbocycles. The average Bonchev–Trinajstić information content (AvgIpc) is 2.40. The van der Waals surface area contributed by atoms with Crippen molar-refractivity contribution in [2.45, 2.75) is 30.9 Å². The zero-order valence-electron chi connectivity index (χ0n) is 11.4. The molecule has 3 nitrogen and oxygen atoms in total. The van der Waals surface area contributed by atoms with Crippen molar-refractivity contribution < 1.29 is 9.47 Å².